The highest BCUT2D eigenvalue weighted by Crippen LogP contribution is 2.27. The summed E-state index contributed by atoms with van der Waals surface area (Å²) in [5.41, 5.74) is 13.0. The molecule has 2 fully saturated rings. The average molecular weight is 1150 g/mol. The largest absolute Gasteiger partial charge is 0.491 e. The quantitative estimate of drug-likeness (QED) is 0.0300. The lowest BCUT2D eigenvalue weighted by atomic mass is 10.2. The Balaban J connectivity index is 0.000000182. The molecule has 8 aromatic heterocycles. The number of halogens is 1. The van der Waals surface area contributed by atoms with Crippen LogP contribution < -0.4 is 36.3 Å². The van der Waals surface area contributed by atoms with Crippen molar-refractivity contribution in [3.05, 3.63) is 128 Å². The fraction of sp³-hybridized carbons (Fsp3) is 0.345. The number of hydrazine groups is 1. The van der Waals surface area contributed by atoms with Crippen LogP contribution in [0.15, 0.2) is 136 Å². The normalized spacial score (nSPS) is 13.6. The van der Waals surface area contributed by atoms with Crippen molar-refractivity contribution in [1.29, 1.82) is 0 Å². The lowest BCUT2D eigenvalue weighted by Crippen LogP contribution is -2.47. The van der Waals surface area contributed by atoms with Crippen LogP contribution in [0.3, 0.4) is 0 Å². The maximum atomic E-state index is 10.5. The van der Waals surface area contributed by atoms with E-state index in [1.165, 1.54) is 23.7 Å². The van der Waals surface area contributed by atoms with Gasteiger partial charge in [0.1, 0.15) is 36.9 Å². The van der Waals surface area contributed by atoms with Crippen molar-refractivity contribution in [2.24, 2.45) is 5.84 Å². The van der Waals surface area contributed by atoms with Crippen LogP contribution >= 0.6 is 12.4 Å². The van der Waals surface area contributed by atoms with Crippen molar-refractivity contribution < 1.29 is 37.0 Å². The minimum absolute atomic E-state index is 0. The van der Waals surface area contributed by atoms with E-state index in [9.17, 15) is 4.79 Å². The predicted molar refractivity (Wildman–Crippen MR) is 311 cm³/mol. The molecular weight excluding hydrogens is 1080 g/mol. The highest BCUT2D eigenvalue weighted by molar-refractivity contribution is 5.91. The second-order valence-corrected chi connectivity index (χ2v) is 18.5. The summed E-state index contributed by atoms with van der Waals surface area (Å²) in [5, 5.41) is 21.6. The van der Waals surface area contributed by atoms with Crippen molar-refractivity contribution in [2.45, 2.75) is 20.5 Å². The van der Waals surface area contributed by atoms with Crippen LogP contribution in [0.2, 0.25) is 0 Å². The van der Waals surface area contributed by atoms with E-state index in [1.807, 2.05) is 63.5 Å². The molecule has 12 rings (SSSR count). The number of piperazine rings is 2. The molecule has 0 aliphatic carbocycles. The van der Waals surface area contributed by atoms with E-state index in [1.54, 1.807) is 55.9 Å². The number of furan rings is 3. The van der Waals surface area contributed by atoms with Crippen LogP contribution in [0.1, 0.15) is 18.0 Å². The van der Waals surface area contributed by atoms with E-state index in [0.29, 0.717) is 73.3 Å². The molecule has 0 bridgehead atoms. The average Bonchev–Trinajstić information content (AvgIpc) is 4.52. The molecule has 26 nitrogen and oxygen atoms in total. The lowest BCUT2D eigenvalue weighted by molar-refractivity contribution is 0.0926. The number of aromatic amines is 1. The van der Waals surface area contributed by atoms with Crippen molar-refractivity contribution in [3.8, 4) is 46.1 Å². The number of aromatic nitrogens is 11. The number of nitrogens with one attached hydrogen (secondary N) is 2. The van der Waals surface area contributed by atoms with Gasteiger partial charge in [-0.05, 0) is 84.9 Å². The van der Waals surface area contributed by atoms with E-state index < -0.39 is 5.91 Å². The number of H-pyrrole nitrogens is 1. The number of anilines is 3. The summed E-state index contributed by atoms with van der Waals surface area (Å²) >= 11 is 0. The number of fused-ring (bicyclic) bond motifs is 3. The minimum Gasteiger partial charge on any atom is -0.491 e. The SMILES string of the molecule is C.COCCOc1ccc(N2CCN(CCn3ncc(-c4n[nH]c(-c5ccco5)n4)c3N)CC2)cc1.COCCOc1ccc(N2CCN(CCn3ncc4c3ncn3nc(-c5ccco5)nc43)CC2)cc1.Cl.NNC(=O)c1ccco1. The first kappa shape index (κ1) is 59.3. The van der Waals surface area contributed by atoms with E-state index in [2.05, 4.69) is 84.3 Å². The standard InChI is InChI=1S/C25H28N8O3.C24H30N8O3.C5H6N2O2.CH4.ClH/c1-34-15-16-35-20-6-4-19(5-7-20)31-11-8-30(9-12-31)10-13-32-24-21(17-27-32)25-28-23(22-3-2-14-36-22)29-33(25)18-26-24;1-33-15-16-34-19-6-4-18(5-7-19)31-11-8-30(9-12-31)10-13-32-22(25)20(17-26-32)23-27-24(29-28-23)21-3-2-14-35-21;6-7-5(8)4-2-1-3-9-4;;/h2-7,14,17-18H,8-13,15-16H2,1H3;2-7,14,17H,8-13,15-16,25H2,1H3,(H,27,28,29);1-3H,6H2,(H,7,8);1H4;1H. The molecule has 6 N–H and O–H groups in total. The third-order valence-electron chi connectivity index (χ3n) is 13.5. The Morgan fingerprint density at radius 3 is 1.76 bits per heavy atom. The van der Waals surface area contributed by atoms with E-state index >= 15 is 0 Å². The minimum atomic E-state index is -0.417. The Morgan fingerprint density at radius 1 is 0.646 bits per heavy atom. The Bertz CT molecular complexity index is 3440. The molecule has 10 heterocycles. The summed E-state index contributed by atoms with van der Waals surface area (Å²) < 4.78 is 42.3. The second-order valence-electron chi connectivity index (χ2n) is 18.5. The molecule has 1 amide bonds. The van der Waals surface area contributed by atoms with Gasteiger partial charge in [0.15, 0.2) is 40.2 Å². The second kappa shape index (κ2) is 29.1. The number of rotatable bonds is 20. The summed E-state index contributed by atoms with van der Waals surface area (Å²) in [6.07, 6.45) is 9.83. The fourth-order valence-electron chi connectivity index (χ4n) is 9.10. The summed E-state index contributed by atoms with van der Waals surface area (Å²) in [6, 6.07) is 27.0. The Hall–Kier alpha value is -8.79. The molecule has 2 aromatic carbocycles. The highest BCUT2D eigenvalue weighted by atomic mass is 35.5. The molecule has 10 aromatic rings. The monoisotopic (exact) mass is 1140 g/mol. The topological polar surface area (TPSA) is 291 Å². The zero-order chi connectivity index (χ0) is 55.0. The van der Waals surface area contributed by atoms with Crippen molar-refractivity contribution in [1.82, 2.24) is 69.5 Å². The summed E-state index contributed by atoms with van der Waals surface area (Å²) in [5.74, 6) is 9.75. The molecule has 2 aliphatic rings. The van der Waals surface area contributed by atoms with Crippen LogP contribution in [0, 0.1) is 0 Å². The van der Waals surface area contributed by atoms with Crippen LogP contribution in [0.5, 0.6) is 11.5 Å². The number of amides is 1. The first-order valence-corrected chi connectivity index (χ1v) is 26.2. The van der Waals surface area contributed by atoms with Gasteiger partial charge in [0.2, 0.25) is 5.82 Å². The number of nitrogens with zero attached hydrogens (tertiary/aromatic N) is 14. The van der Waals surface area contributed by atoms with E-state index in [-0.39, 0.29) is 25.6 Å². The molecular formula is C55H69ClN18O8. The van der Waals surface area contributed by atoms with Gasteiger partial charge in [-0.2, -0.15) is 15.3 Å². The van der Waals surface area contributed by atoms with Gasteiger partial charge in [-0.3, -0.25) is 25.1 Å². The molecule has 434 valence electrons. The number of hydrogen-bond acceptors (Lipinski definition) is 21. The summed E-state index contributed by atoms with van der Waals surface area (Å²) in [4.78, 5) is 34.0. The van der Waals surface area contributed by atoms with Gasteiger partial charge in [-0.1, -0.05) is 7.43 Å². The van der Waals surface area contributed by atoms with Gasteiger partial charge in [-0.25, -0.2) is 34.7 Å². The number of methoxy groups -OCH3 is 2. The van der Waals surface area contributed by atoms with Crippen LogP contribution in [-0.4, -0.2) is 176 Å². The first-order chi connectivity index (χ1) is 39.3. The van der Waals surface area contributed by atoms with Gasteiger partial charge in [0.25, 0.3) is 0 Å². The molecule has 2 saturated heterocycles. The van der Waals surface area contributed by atoms with Crippen molar-refractivity contribution in [2.75, 3.05) is 122 Å². The van der Waals surface area contributed by atoms with Crippen molar-refractivity contribution >= 4 is 52.2 Å². The number of carbonyl (C=O) groups excluding carboxylic acids is 1. The molecule has 27 heteroatoms. The number of carbonyl (C=O) groups is 1. The first-order valence-electron chi connectivity index (χ1n) is 26.2. The van der Waals surface area contributed by atoms with Gasteiger partial charge in [0, 0.05) is 91.0 Å². The Morgan fingerprint density at radius 2 is 1.21 bits per heavy atom. The Labute approximate surface area is 479 Å². The number of benzene rings is 2. The van der Waals surface area contributed by atoms with Crippen LogP contribution in [-0.2, 0) is 22.6 Å². The number of nitrogens with two attached hydrogens (primary N) is 2. The maximum Gasteiger partial charge on any atom is 0.300 e. The molecule has 0 saturated carbocycles. The molecule has 0 spiro atoms. The predicted octanol–water partition coefficient (Wildman–Crippen LogP) is 5.88. The molecule has 2 aliphatic heterocycles. The molecule has 0 atom stereocenters. The smallest absolute Gasteiger partial charge is 0.300 e. The molecule has 82 heavy (non-hydrogen) atoms. The fourth-order valence-corrected chi connectivity index (χ4v) is 9.10. The zero-order valence-electron chi connectivity index (χ0n) is 45.0. The summed E-state index contributed by atoms with van der Waals surface area (Å²) in [7, 11) is 3.35. The number of nitrogen functional groups attached to an aromatic ring is 2. The molecule has 0 radical (unpaired) electrons. The van der Waals surface area contributed by atoms with Crippen molar-refractivity contribution in [3.63, 3.8) is 0 Å². The third-order valence-corrected chi connectivity index (χ3v) is 13.5. The molecule has 0 unspecified atom stereocenters. The summed E-state index contributed by atoms with van der Waals surface area (Å²) in [6.45, 7) is 13.4. The van der Waals surface area contributed by atoms with E-state index in [0.717, 1.165) is 100 Å². The third kappa shape index (κ3) is 14.8. The van der Waals surface area contributed by atoms with Gasteiger partial charge in [0.05, 0.1) is 68.4 Å². The maximum absolute atomic E-state index is 10.5. The van der Waals surface area contributed by atoms with Gasteiger partial charge >= 0.3 is 5.91 Å². The van der Waals surface area contributed by atoms with Crippen LogP contribution in [0.4, 0.5) is 17.2 Å². The van der Waals surface area contributed by atoms with E-state index in [4.69, 9.17) is 43.8 Å². The zero-order valence-corrected chi connectivity index (χ0v) is 45.8. The highest BCUT2D eigenvalue weighted by Gasteiger charge is 2.22. The van der Waals surface area contributed by atoms with Gasteiger partial charge < -0.3 is 47.7 Å². The lowest BCUT2D eigenvalue weighted by Gasteiger charge is -2.36. The number of ether oxygens (including phenoxy) is 4. The number of hydrogen-bond donors (Lipinski definition) is 4. The Kier molecular flexibility index (Phi) is 21.0. The van der Waals surface area contributed by atoms with Gasteiger partial charge in [-0.15, -0.1) is 17.5 Å². The van der Waals surface area contributed by atoms with Crippen LogP contribution in [0.25, 0.3) is 51.2 Å².